The molecule has 0 radical (unpaired) electrons. The molecule has 0 aromatic rings. The van der Waals surface area contributed by atoms with Crippen LogP contribution in [0.15, 0.2) is 0 Å². The molecule has 1 aliphatic carbocycles. The molecule has 2 heteroatoms. The van der Waals surface area contributed by atoms with Crippen molar-refractivity contribution >= 4 is 5.97 Å². The highest BCUT2D eigenvalue weighted by Gasteiger charge is 2.17. The van der Waals surface area contributed by atoms with Crippen LogP contribution < -0.4 is 0 Å². The second-order valence-electron chi connectivity index (χ2n) is 2.46. The minimum Gasteiger partial charge on any atom is -0.453 e. The van der Waals surface area contributed by atoms with Gasteiger partial charge in [-0.1, -0.05) is 0 Å². The lowest BCUT2D eigenvalue weighted by Gasteiger charge is -2.06. The van der Waals surface area contributed by atoms with Crippen molar-refractivity contribution < 1.29 is 9.53 Å². The average molecular weight is 138 g/mol. The summed E-state index contributed by atoms with van der Waals surface area (Å²) in [6, 6.07) is 0. The van der Waals surface area contributed by atoms with Crippen LogP contribution in [0.2, 0.25) is 0 Å². The summed E-state index contributed by atoms with van der Waals surface area (Å²) in [7, 11) is 0. The van der Waals surface area contributed by atoms with Gasteiger partial charge in [0.25, 0.3) is 0 Å². The van der Waals surface area contributed by atoms with E-state index in [2.05, 4.69) is 0 Å². The molecule has 0 aromatic heterocycles. The maximum absolute atomic E-state index is 10.5. The number of rotatable bonds is 1. The van der Waals surface area contributed by atoms with Crippen LogP contribution in [0, 0.1) is 12.3 Å². The van der Waals surface area contributed by atoms with Crippen molar-refractivity contribution in [2.24, 2.45) is 0 Å². The van der Waals surface area contributed by atoms with E-state index in [0.29, 0.717) is 0 Å². The summed E-state index contributed by atoms with van der Waals surface area (Å²) in [5.74, 6) is 1.41. The van der Waals surface area contributed by atoms with E-state index in [1.165, 1.54) is 0 Å². The van der Waals surface area contributed by atoms with Gasteiger partial charge in [0.1, 0.15) is 6.10 Å². The monoisotopic (exact) mass is 138 g/mol. The summed E-state index contributed by atoms with van der Waals surface area (Å²) in [6.45, 7) is 0. The first-order valence-corrected chi connectivity index (χ1v) is 3.50. The minimum absolute atomic E-state index is 0.101. The lowest BCUT2D eigenvalue weighted by atomic mass is 10.3. The third-order valence-electron chi connectivity index (χ3n) is 1.69. The van der Waals surface area contributed by atoms with Gasteiger partial charge in [-0.15, -0.1) is 6.42 Å². The van der Waals surface area contributed by atoms with E-state index >= 15 is 0 Å². The van der Waals surface area contributed by atoms with E-state index < -0.39 is 5.97 Å². The topological polar surface area (TPSA) is 26.3 Å². The first kappa shape index (κ1) is 7.14. The lowest BCUT2D eigenvalue weighted by molar-refractivity contribution is -0.141. The number of hydrogen-bond acceptors (Lipinski definition) is 2. The van der Waals surface area contributed by atoms with Crippen LogP contribution in [0.1, 0.15) is 25.7 Å². The fourth-order valence-electron chi connectivity index (χ4n) is 1.19. The summed E-state index contributed by atoms with van der Waals surface area (Å²) in [6.07, 6.45) is 9.20. The van der Waals surface area contributed by atoms with Gasteiger partial charge in [-0.3, -0.25) is 0 Å². The van der Waals surface area contributed by atoms with Crippen molar-refractivity contribution in [1.29, 1.82) is 0 Å². The summed E-state index contributed by atoms with van der Waals surface area (Å²) in [5, 5.41) is 0. The number of terminal acetylenes is 1. The molecule has 1 saturated carbocycles. The fraction of sp³-hybridized carbons (Fsp3) is 0.625. The third-order valence-corrected chi connectivity index (χ3v) is 1.69. The molecule has 1 fully saturated rings. The molecule has 0 spiro atoms. The second-order valence-corrected chi connectivity index (χ2v) is 2.46. The van der Waals surface area contributed by atoms with Gasteiger partial charge >= 0.3 is 5.97 Å². The number of esters is 1. The molecule has 0 saturated heterocycles. The molecular weight excluding hydrogens is 128 g/mol. The molecule has 1 rings (SSSR count). The van der Waals surface area contributed by atoms with Crippen molar-refractivity contribution in [3.05, 3.63) is 0 Å². The smallest absolute Gasteiger partial charge is 0.384 e. The van der Waals surface area contributed by atoms with E-state index in [9.17, 15) is 4.79 Å². The molecule has 0 aromatic carbocycles. The van der Waals surface area contributed by atoms with Gasteiger partial charge < -0.3 is 4.74 Å². The number of ether oxygens (including phenoxy) is 1. The zero-order valence-electron chi connectivity index (χ0n) is 5.80. The largest absolute Gasteiger partial charge is 0.453 e. The lowest BCUT2D eigenvalue weighted by Crippen LogP contribution is -2.12. The fourth-order valence-corrected chi connectivity index (χ4v) is 1.19. The summed E-state index contributed by atoms with van der Waals surface area (Å²) in [4.78, 5) is 10.5. The molecule has 0 aliphatic heterocycles. The van der Waals surface area contributed by atoms with Crippen molar-refractivity contribution in [3.63, 3.8) is 0 Å². The standard InChI is InChI=1S/C8H10O2/c1-2-8(9)10-7-5-3-4-6-7/h1,7H,3-6H2. The zero-order chi connectivity index (χ0) is 7.40. The van der Waals surface area contributed by atoms with E-state index in [0.717, 1.165) is 25.7 Å². The summed E-state index contributed by atoms with van der Waals surface area (Å²) < 4.78 is 4.89. The molecule has 0 amide bonds. The average Bonchev–Trinajstić information content (AvgIpc) is 2.40. The molecular formula is C8H10O2. The van der Waals surface area contributed by atoms with Gasteiger partial charge in [-0.05, 0) is 25.7 Å². The molecule has 0 atom stereocenters. The normalized spacial score (nSPS) is 18.3. The zero-order valence-corrected chi connectivity index (χ0v) is 5.80. The highest BCUT2D eigenvalue weighted by molar-refractivity contribution is 5.87. The van der Waals surface area contributed by atoms with E-state index in [4.69, 9.17) is 11.2 Å². The molecule has 0 bridgehead atoms. The number of carbonyl (C=O) groups excluding carboxylic acids is 1. The molecule has 54 valence electrons. The van der Waals surface area contributed by atoms with Gasteiger partial charge in [0.05, 0.1) is 0 Å². The van der Waals surface area contributed by atoms with Crippen molar-refractivity contribution in [1.82, 2.24) is 0 Å². The van der Waals surface area contributed by atoms with Gasteiger partial charge in [-0.25, -0.2) is 4.79 Å². The van der Waals surface area contributed by atoms with E-state index in [1.807, 2.05) is 5.92 Å². The highest BCUT2D eigenvalue weighted by Crippen LogP contribution is 2.20. The van der Waals surface area contributed by atoms with Crippen LogP contribution in [0.3, 0.4) is 0 Å². The van der Waals surface area contributed by atoms with Crippen LogP contribution in [0.5, 0.6) is 0 Å². The van der Waals surface area contributed by atoms with E-state index in [-0.39, 0.29) is 6.10 Å². The Morgan fingerprint density at radius 3 is 2.60 bits per heavy atom. The SMILES string of the molecule is C#CC(=O)OC1CCCC1. The Kier molecular flexibility index (Phi) is 2.33. The molecule has 1 aliphatic rings. The summed E-state index contributed by atoms with van der Waals surface area (Å²) >= 11 is 0. The Bertz CT molecular complexity index is 161. The molecule has 0 unspecified atom stereocenters. The highest BCUT2D eigenvalue weighted by atomic mass is 16.5. The Labute approximate surface area is 60.6 Å². The van der Waals surface area contributed by atoms with Crippen molar-refractivity contribution in [2.75, 3.05) is 0 Å². The predicted molar refractivity (Wildman–Crippen MR) is 37.2 cm³/mol. The predicted octanol–water partition coefficient (Wildman–Crippen LogP) is 1.11. The van der Waals surface area contributed by atoms with Crippen LogP contribution in [-0.2, 0) is 9.53 Å². The van der Waals surface area contributed by atoms with Gasteiger partial charge in [0.15, 0.2) is 0 Å². The number of hydrogen-bond donors (Lipinski definition) is 0. The van der Waals surface area contributed by atoms with Crippen molar-refractivity contribution in [2.45, 2.75) is 31.8 Å². The summed E-state index contributed by atoms with van der Waals surface area (Å²) in [5.41, 5.74) is 0. The van der Waals surface area contributed by atoms with Gasteiger partial charge in [0, 0.05) is 5.92 Å². The Balaban J connectivity index is 2.25. The minimum atomic E-state index is -0.521. The van der Waals surface area contributed by atoms with Crippen LogP contribution in [0.25, 0.3) is 0 Å². The Hall–Kier alpha value is -0.970. The molecule has 2 nitrogen and oxygen atoms in total. The Morgan fingerprint density at radius 2 is 2.10 bits per heavy atom. The third kappa shape index (κ3) is 1.77. The van der Waals surface area contributed by atoms with Crippen LogP contribution in [-0.4, -0.2) is 12.1 Å². The first-order valence-electron chi connectivity index (χ1n) is 3.50. The van der Waals surface area contributed by atoms with Gasteiger partial charge in [0.2, 0.25) is 0 Å². The molecule has 0 N–H and O–H groups in total. The van der Waals surface area contributed by atoms with Crippen molar-refractivity contribution in [3.8, 4) is 12.3 Å². The van der Waals surface area contributed by atoms with Gasteiger partial charge in [-0.2, -0.15) is 0 Å². The maximum Gasteiger partial charge on any atom is 0.384 e. The first-order chi connectivity index (χ1) is 4.83. The van der Waals surface area contributed by atoms with Crippen LogP contribution >= 0.6 is 0 Å². The molecule has 10 heavy (non-hydrogen) atoms. The Morgan fingerprint density at radius 1 is 1.50 bits per heavy atom. The second kappa shape index (κ2) is 3.26. The number of carbonyl (C=O) groups is 1. The maximum atomic E-state index is 10.5. The quantitative estimate of drug-likeness (QED) is 0.308. The van der Waals surface area contributed by atoms with Crippen LogP contribution in [0.4, 0.5) is 0 Å². The molecule has 0 heterocycles. The van der Waals surface area contributed by atoms with E-state index in [1.54, 1.807) is 0 Å².